The summed E-state index contributed by atoms with van der Waals surface area (Å²) < 4.78 is 10.2. The third-order valence-electron chi connectivity index (χ3n) is 3.71. The van der Waals surface area contributed by atoms with Crippen LogP contribution in [0, 0.1) is 0 Å². The van der Waals surface area contributed by atoms with Gasteiger partial charge >= 0.3 is 12.1 Å². The van der Waals surface area contributed by atoms with E-state index in [2.05, 4.69) is 5.32 Å². The van der Waals surface area contributed by atoms with Crippen LogP contribution in [0.3, 0.4) is 0 Å². The van der Waals surface area contributed by atoms with Gasteiger partial charge in [0.05, 0.1) is 6.04 Å². The number of alkyl halides is 1. The van der Waals surface area contributed by atoms with Gasteiger partial charge in [-0.25, -0.2) is 4.79 Å². The minimum atomic E-state index is -0.758. The van der Waals surface area contributed by atoms with Gasteiger partial charge in [-0.05, 0) is 36.6 Å². The summed E-state index contributed by atoms with van der Waals surface area (Å²) in [5, 5.41) is 3.30. The van der Waals surface area contributed by atoms with Crippen molar-refractivity contribution < 1.29 is 19.1 Å². The number of rotatable bonds is 8. The van der Waals surface area contributed by atoms with Crippen molar-refractivity contribution in [3.05, 3.63) is 70.7 Å². The molecular weight excluding hydrogens is 389 g/mol. The predicted molar refractivity (Wildman–Crippen MR) is 105 cm³/mol. The quantitative estimate of drug-likeness (QED) is 0.479. The van der Waals surface area contributed by atoms with E-state index in [1.165, 1.54) is 0 Å². The molecule has 0 spiro atoms. The number of nitrogens with one attached hydrogen (secondary N) is 1. The van der Waals surface area contributed by atoms with Crippen LogP contribution in [-0.2, 0) is 20.9 Å². The van der Waals surface area contributed by atoms with Gasteiger partial charge < -0.3 is 14.8 Å². The third kappa shape index (κ3) is 7.89. The molecule has 1 N–H and O–H groups in total. The number of carbonyl (C=O) groups is 2. The van der Waals surface area contributed by atoms with E-state index >= 15 is 0 Å². The van der Waals surface area contributed by atoms with Gasteiger partial charge in [-0.1, -0.05) is 65.7 Å². The lowest BCUT2D eigenvalue weighted by Gasteiger charge is -2.19. The van der Waals surface area contributed by atoms with E-state index in [9.17, 15) is 9.59 Å². The first-order valence-corrected chi connectivity index (χ1v) is 9.31. The number of amides is 1. The monoisotopic (exact) mass is 409 g/mol. The summed E-state index contributed by atoms with van der Waals surface area (Å²) in [6, 6.07) is 16.0. The van der Waals surface area contributed by atoms with Crippen LogP contribution in [0.4, 0.5) is 4.79 Å². The van der Waals surface area contributed by atoms with Gasteiger partial charge in [-0.3, -0.25) is 4.79 Å². The van der Waals surface area contributed by atoms with Crippen LogP contribution >= 0.6 is 23.2 Å². The zero-order valence-electron chi connectivity index (χ0n) is 14.9. The summed E-state index contributed by atoms with van der Waals surface area (Å²) in [5.74, 6) is -0.348. The van der Waals surface area contributed by atoms with E-state index in [1.807, 2.05) is 30.3 Å². The minimum absolute atomic E-state index is 0.136. The Kier molecular flexibility index (Phi) is 8.43. The molecule has 2 unspecified atom stereocenters. The summed E-state index contributed by atoms with van der Waals surface area (Å²) in [4.78, 5) is 24.0. The normalized spacial score (nSPS) is 12.7. The van der Waals surface area contributed by atoms with Crippen molar-refractivity contribution in [3.8, 4) is 0 Å². The number of esters is 1. The van der Waals surface area contributed by atoms with Gasteiger partial charge in [-0.2, -0.15) is 0 Å². The van der Waals surface area contributed by atoms with Crippen molar-refractivity contribution >= 4 is 35.3 Å². The maximum absolute atomic E-state index is 12.1. The highest BCUT2D eigenvalue weighted by Crippen LogP contribution is 2.21. The highest BCUT2D eigenvalue weighted by atomic mass is 35.5. The zero-order chi connectivity index (χ0) is 19.6. The number of carbonyl (C=O) groups excluding carboxylic acids is 2. The van der Waals surface area contributed by atoms with Crippen LogP contribution in [0.15, 0.2) is 54.6 Å². The number of hydrogen-bond donors (Lipinski definition) is 1. The summed E-state index contributed by atoms with van der Waals surface area (Å²) >= 11 is 11.6. The van der Waals surface area contributed by atoms with Gasteiger partial charge in [0, 0.05) is 11.4 Å². The lowest BCUT2D eigenvalue weighted by atomic mass is 10.0. The molecule has 0 saturated heterocycles. The van der Waals surface area contributed by atoms with Crippen LogP contribution in [0.2, 0.25) is 5.02 Å². The molecule has 0 fully saturated rings. The second-order valence-electron chi connectivity index (χ2n) is 5.88. The molecule has 0 saturated carbocycles. The highest BCUT2D eigenvalue weighted by Gasteiger charge is 2.18. The molecule has 0 heterocycles. The molecule has 5 nitrogen and oxygen atoms in total. The molecule has 2 aromatic rings. The van der Waals surface area contributed by atoms with E-state index in [1.54, 1.807) is 31.2 Å². The molecule has 2 atom stereocenters. The second kappa shape index (κ2) is 10.8. The van der Waals surface area contributed by atoms with Crippen LogP contribution in [-0.4, -0.2) is 17.6 Å². The summed E-state index contributed by atoms with van der Waals surface area (Å²) in [6.45, 7) is 1.75. The minimum Gasteiger partial charge on any atom is -0.461 e. The second-order valence-corrected chi connectivity index (χ2v) is 6.93. The first-order chi connectivity index (χ1) is 12.9. The van der Waals surface area contributed by atoms with E-state index in [4.69, 9.17) is 32.7 Å². The first-order valence-electron chi connectivity index (χ1n) is 8.50. The van der Waals surface area contributed by atoms with Gasteiger partial charge in [-0.15, -0.1) is 0 Å². The van der Waals surface area contributed by atoms with Gasteiger partial charge in [0.1, 0.15) is 6.61 Å². The highest BCUT2D eigenvalue weighted by molar-refractivity contribution is 6.30. The SMILES string of the molecule is CC(Cl)OC(=O)NC(CCC(=O)OCc1ccccc1)c1ccc(Cl)cc1. The Morgan fingerprint density at radius 2 is 1.74 bits per heavy atom. The van der Waals surface area contributed by atoms with Crippen LogP contribution in [0.25, 0.3) is 0 Å². The average Bonchev–Trinajstić information content (AvgIpc) is 2.64. The lowest BCUT2D eigenvalue weighted by Crippen LogP contribution is -2.31. The predicted octanol–water partition coefficient (Wildman–Crippen LogP) is 5.22. The molecule has 27 heavy (non-hydrogen) atoms. The van der Waals surface area contributed by atoms with Crippen molar-refractivity contribution in [2.45, 2.75) is 38.0 Å². The van der Waals surface area contributed by atoms with Gasteiger partial charge in [0.25, 0.3) is 0 Å². The smallest absolute Gasteiger partial charge is 0.409 e. The van der Waals surface area contributed by atoms with Crippen LogP contribution < -0.4 is 5.32 Å². The molecule has 0 bridgehead atoms. The fourth-order valence-corrected chi connectivity index (χ4v) is 2.62. The molecule has 2 aromatic carbocycles. The van der Waals surface area contributed by atoms with Crippen molar-refractivity contribution in [1.29, 1.82) is 0 Å². The van der Waals surface area contributed by atoms with Gasteiger partial charge in [0.15, 0.2) is 5.56 Å². The van der Waals surface area contributed by atoms with E-state index < -0.39 is 17.7 Å². The summed E-state index contributed by atoms with van der Waals surface area (Å²) in [6.07, 6.45) is -0.173. The van der Waals surface area contributed by atoms with Crippen molar-refractivity contribution in [3.63, 3.8) is 0 Å². The average molecular weight is 410 g/mol. The van der Waals surface area contributed by atoms with E-state index in [-0.39, 0.29) is 19.0 Å². The Morgan fingerprint density at radius 3 is 2.37 bits per heavy atom. The molecule has 0 aromatic heterocycles. The van der Waals surface area contributed by atoms with Gasteiger partial charge in [0.2, 0.25) is 0 Å². The number of ether oxygens (including phenoxy) is 2. The Labute approximate surface area is 168 Å². The lowest BCUT2D eigenvalue weighted by molar-refractivity contribution is -0.145. The topological polar surface area (TPSA) is 64.6 Å². The molecule has 144 valence electrons. The fourth-order valence-electron chi connectivity index (χ4n) is 2.41. The Hall–Kier alpha value is -2.24. The molecule has 7 heteroatoms. The number of hydrogen-bond acceptors (Lipinski definition) is 4. The first kappa shape index (κ1) is 21.1. The fraction of sp³-hybridized carbons (Fsp3) is 0.300. The largest absolute Gasteiger partial charge is 0.461 e. The van der Waals surface area contributed by atoms with E-state index in [0.717, 1.165) is 11.1 Å². The molecule has 0 aliphatic carbocycles. The standard InChI is InChI=1S/C20H21Cl2NO4/c1-14(21)27-20(25)23-18(16-7-9-17(22)10-8-16)11-12-19(24)26-13-15-5-3-2-4-6-15/h2-10,14,18H,11-13H2,1H3,(H,23,25). The Bertz CT molecular complexity index is 735. The molecule has 2 rings (SSSR count). The van der Waals surface area contributed by atoms with Crippen LogP contribution in [0.5, 0.6) is 0 Å². The Morgan fingerprint density at radius 1 is 1.07 bits per heavy atom. The Balaban J connectivity index is 1.93. The molecule has 0 aliphatic heterocycles. The number of halogens is 2. The zero-order valence-corrected chi connectivity index (χ0v) is 16.4. The van der Waals surface area contributed by atoms with Crippen molar-refractivity contribution in [2.75, 3.05) is 0 Å². The molecule has 0 radical (unpaired) electrons. The summed E-state index contributed by atoms with van der Waals surface area (Å²) in [5.41, 5.74) is 0.957. The van der Waals surface area contributed by atoms with Crippen molar-refractivity contribution in [2.24, 2.45) is 0 Å². The maximum atomic E-state index is 12.1. The third-order valence-corrected chi connectivity index (χ3v) is 4.05. The van der Waals surface area contributed by atoms with E-state index in [0.29, 0.717) is 11.4 Å². The molecular formula is C20H21Cl2NO4. The number of alkyl carbamates (subject to hydrolysis) is 1. The maximum Gasteiger partial charge on any atom is 0.409 e. The summed E-state index contributed by atoms with van der Waals surface area (Å²) in [7, 11) is 0. The van der Waals surface area contributed by atoms with Crippen LogP contribution in [0.1, 0.15) is 36.9 Å². The molecule has 1 amide bonds. The van der Waals surface area contributed by atoms with Crippen molar-refractivity contribution in [1.82, 2.24) is 5.32 Å². The molecule has 0 aliphatic rings. The number of benzene rings is 2.